The maximum absolute atomic E-state index is 12.5. The van der Waals surface area contributed by atoms with Crippen LogP contribution in [0.3, 0.4) is 0 Å². The van der Waals surface area contributed by atoms with Gasteiger partial charge in [-0.3, -0.25) is 4.79 Å². The summed E-state index contributed by atoms with van der Waals surface area (Å²) >= 11 is 8.76. The van der Waals surface area contributed by atoms with Gasteiger partial charge in [-0.15, -0.1) is 23.1 Å². The molecule has 2 atom stereocenters. The summed E-state index contributed by atoms with van der Waals surface area (Å²) in [5.74, 6) is -0.780. The molecule has 4 nitrogen and oxygen atoms in total. The average molecular weight is 320 g/mol. The molecule has 1 aliphatic heterocycles. The molecule has 2 heterocycles. The number of hydrogen-bond acceptors (Lipinski definition) is 4. The monoisotopic (exact) mass is 319 g/mol. The summed E-state index contributed by atoms with van der Waals surface area (Å²) in [6.45, 7) is 2.02. The highest BCUT2D eigenvalue weighted by Gasteiger charge is 2.42. The van der Waals surface area contributed by atoms with Gasteiger partial charge < -0.3 is 10.0 Å². The van der Waals surface area contributed by atoms with Gasteiger partial charge in [-0.05, 0) is 17.9 Å². The number of nitrogens with zero attached hydrogens (tertiary/aromatic N) is 1. The van der Waals surface area contributed by atoms with E-state index in [9.17, 15) is 14.7 Å². The molecule has 1 N–H and O–H groups in total. The van der Waals surface area contributed by atoms with Crippen LogP contribution in [0, 0.1) is 0 Å². The zero-order chi connectivity index (χ0) is 14.0. The minimum atomic E-state index is -0.952. The van der Waals surface area contributed by atoms with Crippen LogP contribution >= 0.6 is 34.7 Å². The number of carbonyl (C=O) groups is 2. The fourth-order valence-corrected chi connectivity index (χ4v) is 4.65. The zero-order valence-electron chi connectivity index (χ0n) is 10.3. The highest BCUT2D eigenvalue weighted by atomic mass is 35.5. The number of thioether (sulfide) groups is 1. The van der Waals surface area contributed by atoms with E-state index >= 15 is 0 Å². The lowest BCUT2D eigenvalue weighted by molar-refractivity contribution is -0.141. The number of rotatable bonds is 4. The van der Waals surface area contributed by atoms with E-state index in [-0.39, 0.29) is 11.3 Å². The Morgan fingerprint density at radius 3 is 2.84 bits per heavy atom. The van der Waals surface area contributed by atoms with Gasteiger partial charge in [0.25, 0.3) is 5.91 Å². The number of hydrogen-bond donors (Lipinski definition) is 1. The Balaban J connectivity index is 2.28. The van der Waals surface area contributed by atoms with Crippen LogP contribution < -0.4 is 0 Å². The van der Waals surface area contributed by atoms with E-state index in [0.29, 0.717) is 15.7 Å². The second kappa shape index (κ2) is 6.15. The zero-order valence-corrected chi connectivity index (χ0v) is 12.7. The van der Waals surface area contributed by atoms with Crippen LogP contribution in [0.4, 0.5) is 0 Å². The molecule has 104 valence electrons. The molecule has 0 aliphatic carbocycles. The molecular weight excluding hydrogens is 306 g/mol. The molecule has 19 heavy (non-hydrogen) atoms. The number of thiophene rings is 1. The van der Waals surface area contributed by atoms with Crippen molar-refractivity contribution in [1.29, 1.82) is 0 Å². The van der Waals surface area contributed by atoms with Crippen LogP contribution in [-0.2, 0) is 4.79 Å². The number of aliphatic carboxylic acids is 1. The number of halogens is 1. The van der Waals surface area contributed by atoms with E-state index < -0.39 is 12.0 Å². The van der Waals surface area contributed by atoms with E-state index in [2.05, 4.69) is 0 Å². The minimum Gasteiger partial charge on any atom is -0.480 e. The average Bonchev–Trinajstić information content (AvgIpc) is 2.95. The van der Waals surface area contributed by atoms with E-state index in [0.717, 1.165) is 12.8 Å². The Hall–Kier alpha value is -0.720. The third-order valence-corrected chi connectivity index (χ3v) is 5.64. The van der Waals surface area contributed by atoms with Crippen LogP contribution in [0.5, 0.6) is 0 Å². The maximum atomic E-state index is 12.5. The van der Waals surface area contributed by atoms with Crippen LogP contribution in [-0.4, -0.2) is 39.1 Å². The predicted molar refractivity (Wildman–Crippen MR) is 78.1 cm³/mol. The molecule has 1 aliphatic rings. The normalized spacial score (nSPS) is 22.7. The van der Waals surface area contributed by atoms with Gasteiger partial charge in [0.2, 0.25) is 0 Å². The third kappa shape index (κ3) is 2.90. The largest absolute Gasteiger partial charge is 0.480 e. The summed E-state index contributed by atoms with van der Waals surface area (Å²) in [7, 11) is 0. The van der Waals surface area contributed by atoms with E-state index in [4.69, 9.17) is 11.6 Å². The summed E-state index contributed by atoms with van der Waals surface area (Å²) in [5.41, 5.74) is 0. The molecule has 0 radical (unpaired) electrons. The van der Waals surface area contributed by atoms with Crippen molar-refractivity contribution in [2.45, 2.75) is 31.2 Å². The van der Waals surface area contributed by atoms with Crippen molar-refractivity contribution < 1.29 is 14.7 Å². The Kier molecular flexibility index (Phi) is 4.76. The molecule has 1 saturated heterocycles. The molecule has 7 heteroatoms. The summed E-state index contributed by atoms with van der Waals surface area (Å²) < 4.78 is 0. The molecule has 1 aromatic heterocycles. The van der Waals surface area contributed by atoms with E-state index in [1.54, 1.807) is 11.4 Å². The van der Waals surface area contributed by atoms with Crippen LogP contribution in [0.15, 0.2) is 11.4 Å². The number of carboxylic acids is 1. The summed E-state index contributed by atoms with van der Waals surface area (Å²) in [6.07, 6.45) is 1.70. The first-order valence-electron chi connectivity index (χ1n) is 5.96. The lowest BCUT2D eigenvalue weighted by Gasteiger charge is -2.26. The molecule has 2 unspecified atom stereocenters. The Labute approximate surface area is 124 Å². The van der Waals surface area contributed by atoms with Gasteiger partial charge in [0, 0.05) is 5.75 Å². The fraction of sp³-hybridized carbons (Fsp3) is 0.500. The van der Waals surface area contributed by atoms with Gasteiger partial charge in [-0.25, -0.2) is 4.79 Å². The molecule has 0 spiro atoms. The van der Waals surface area contributed by atoms with Crippen LogP contribution in [0.1, 0.15) is 29.4 Å². The second-order valence-corrected chi connectivity index (χ2v) is 6.77. The van der Waals surface area contributed by atoms with Gasteiger partial charge in [-0.2, -0.15) is 0 Å². The number of carboxylic acid groups (broad SMARTS) is 1. The van der Waals surface area contributed by atoms with E-state index in [1.807, 2.05) is 6.92 Å². The quantitative estimate of drug-likeness (QED) is 0.926. The molecule has 1 aromatic rings. The first-order valence-corrected chi connectivity index (χ1v) is 8.27. The molecule has 1 amide bonds. The second-order valence-electron chi connectivity index (χ2n) is 4.24. The SMILES string of the molecule is CCCC1SCC(C(=O)O)N1C(=O)c1sccc1Cl. The first kappa shape index (κ1) is 14.7. The highest BCUT2D eigenvalue weighted by Crippen LogP contribution is 2.35. The van der Waals surface area contributed by atoms with Crippen molar-refractivity contribution in [2.75, 3.05) is 5.75 Å². The van der Waals surface area contributed by atoms with Crippen molar-refractivity contribution in [1.82, 2.24) is 4.90 Å². The highest BCUT2D eigenvalue weighted by molar-refractivity contribution is 8.00. The number of amides is 1. The lowest BCUT2D eigenvalue weighted by atomic mass is 10.2. The topological polar surface area (TPSA) is 57.6 Å². The smallest absolute Gasteiger partial charge is 0.327 e. The Morgan fingerprint density at radius 1 is 1.58 bits per heavy atom. The summed E-state index contributed by atoms with van der Waals surface area (Å²) in [5, 5.41) is 11.3. The van der Waals surface area contributed by atoms with Crippen molar-refractivity contribution in [3.05, 3.63) is 21.3 Å². The van der Waals surface area contributed by atoms with Gasteiger partial charge in [0.05, 0.1) is 10.4 Å². The van der Waals surface area contributed by atoms with Crippen molar-refractivity contribution in [3.8, 4) is 0 Å². The fourth-order valence-electron chi connectivity index (χ4n) is 2.06. The van der Waals surface area contributed by atoms with Crippen LogP contribution in [0.2, 0.25) is 5.02 Å². The first-order chi connectivity index (χ1) is 9.06. The predicted octanol–water partition coefficient (Wildman–Crippen LogP) is 3.17. The van der Waals surface area contributed by atoms with E-state index in [1.165, 1.54) is 28.0 Å². The van der Waals surface area contributed by atoms with Gasteiger partial charge in [0.15, 0.2) is 0 Å². The lowest BCUT2D eigenvalue weighted by Crippen LogP contribution is -2.45. The van der Waals surface area contributed by atoms with Gasteiger partial charge >= 0.3 is 5.97 Å². The summed E-state index contributed by atoms with van der Waals surface area (Å²) in [4.78, 5) is 25.7. The molecule has 2 rings (SSSR count). The van der Waals surface area contributed by atoms with Crippen molar-refractivity contribution in [3.63, 3.8) is 0 Å². The van der Waals surface area contributed by atoms with Crippen molar-refractivity contribution in [2.24, 2.45) is 0 Å². The molecule has 0 bridgehead atoms. The van der Waals surface area contributed by atoms with Crippen LogP contribution in [0.25, 0.3) is 0 Å². The minimum absolute atomic E-state index is 0.0724. The Morgan fingerprint density at radius 2 is 2.32 bits per heavy atom. The van der Waals surface area contributed by atoms with Gasteiger partial charge in [-0.1, -0.05) is 24.9 Å². The Bertz CT molecular complexity index is 491. The third-order valence-electron chi connectivity index (χ3n) is 2.96. The molecule has 0 saturated carbocycles. The summed E-state index contributed by atoms with van der Waals surface area (Å²) in [6, 6.07) is 0.903. The standard InChI is InChI=1S/C12H14ClNO3S2/c1-2-3-9-14(8(6-19-9)12(16)17)11(15)10-7(13)4-5-18-10/h4-5,8-9H,2-3,6H2,1H3,(H,16,17). The molecule has 1 fully saturated rings. The number of carbonyl (C=O) groups excluding carboxylic acids is 1. The van der Waals surface area contributed by atoms with Crippen molar-refractivity contribution >= 4 is 46.6 Å². The molecular formula is C12H14ClNO3S2. The van der Waals surface area contributed by atoms with Gasteiger partial charge in [0.1, 0.15) is 10.9 Å². The molecule has 0 aromatic carbocycles. The maximum Gasteiger partial charge on any atom is 0.327 e.